The van der Waals surface area contributed by atoms with Crippen molar-refractivity contribution in [2.24, 2.45) is 0 Å². The van der Waals surface area contributed by atoms with E-state index in [1.807, 2.05) is 13.0 Å². The molecular weight excluding hydrogens is 184 g/mol. The van der Waals surface area contributed by atoms with Gasteiger partial charge < -0.3 is 9.40 Å². The van der Waals surface area contributed by atoms with E-state index < -0.39 is 0 Å². The van der Waals surface area contributed by atoms with Gasteiger partial charge in [-0.3, -0.25) is 0 Å². The Hall–Kier alpha value is -1.42. The normalized spacial score (nSPS) is 10.2. The molecule has 3 nitrogen and oxygen atoms in total. The summed E-state index contributed by atoms with van der Waals surface area (Å²) < 4.78 is 5.84. The van der Waals surface area contributed by atoms with Crippen LogP contribution in [0.3, 0.4) is 0 Å². The average Bonchev–Trinajstić information content (AvgIpc) is 2.51. The average molecular weight is 192 g/mol. The fourth-order valence-electron chi connectivity index (χ4n) is 1.14. The molecular formula is C9H8N2OS. The lowest BCUT2D eigenvalue weighted by Gasteiger charge is -1.96. The van der Waals surface area contributed by atoms with Crippen LogP contribution in [0.5, 0.6) is 0 Å². The molecule has 0 aromatic carbocycles. The summed E-state index contributed by atoms with van der Waals surface area (Å²) in [7, 11) is 0. The zero-order valence-electron chi connectivity index (χ0n) is 7.07. The monoisotopic (exact) mass is 192 g/mol. The first-order valence-electron chi connectivity index (χ1n) is 3.87. The van der Waals surface area contributed by atoms with Crippen LogP contribution in [0.15, 0.2) is 29.0 Å². The molecule has 2 rings (SSSR count). The summed E-state index contributed by atoms with van der Waals surface area (Å²) in [4.78, 5) is 7.15. The highest BCUT2D eigenvalue weighted by molar-refractivity contribution is 7.71. The Balaban J connectivity index is 2.59. The summed E-state index contributed by atoms with van der Waals surface area (Å²) >= 11 is 4.99. The Labute approximate surface area is 80.4 Å². The van der Waals surface area contributed by atoms with Crippen molar-refractivity contribution in [3.63, 3.8) is 0 Å². The highest BCUT2D eigenvalue weighted by Gasteiger charge is 2.04. The molecule has 0 unspecified atom stereocenters. The summed E-state index contributed by atoms with van der Waals surface area (Å²) in [6.45, 7) is 1.89. The molecule has 0 spiro atoms. The van der Waals surface area contributed by atoms with Gasteiger partial charge in [-0.15, -0.1) is 0 Å². The zero-order valence-corrected chi connectivity index (χ0v) is 7.89. The lowest BCUT2D eigenvalue weighted by molar-refractivity contribution is 0.535. The minimum absolute atomic E-state index is 0.672. The summed E-state index contributed by atoms with van der Waals surface area (Å²) in [6.07, 6.45) is 3.32. The maximum atomic E-state index is 5.16. The molecule has 1 N–H and O–H groups in total. The number of aromatic nitrogens is 2. The predicted molar refractivity (Wildman–Crippen MR) is 51.9 cm³/mol. The maximum absolute atomic E-state index is 5.16. The standard InChI is InChI=1S/C9H8N2OS/c1-6-7(3-5-12-6)9-10-4-2-8(13)11-9/h2-5H,1H3,(H,10,11,13). The van der Waals surface area contributed by atoms with Gasteiger partial charge in [-0.2, -0.15) is 0 Å². The number of aromatic amines is 1. The number of nitrogens with zero attached hydrogens (tertiary/aromatic N) is 1. The first kappa shape index (κ1) is 8.19. The molecule has 0 saturated heterocycles. The Kier molecular flexibility index (Phi) is 1.98. The van der Waals surface area contributed by atoms with Gasteiger partial charge in [0, 0.05) is 6.20 Å². The van der Waals surface area contributed by atoms with E-state index in [0.29, 0.717) is 4.64 Å². The second-order valence-corrected chi connectivity index (χ2v) is 3.11. The van der Waals surface area contributed by atoms with Gasteiger partial charge in [-0.05, 0) is 19.1 Å². The summed E-state index contributed by atoms with van der Waals surface area (Å²) in [6, 6.07) is 3.61. The van der Waals surface area contributed by atoms with Gasteiger partial charge in [0.1, 0.15) is 16.2 Å². The van der Waals surface area contributed by atoms with Crippen LogP contribution in [0.25, 0.3) is 11.4 Å². The smallest absolute Gasteiger partial charge is 0.141 e. The quantitative estimate of drug-likeness (QED) is 0.706. The molecule has 0 saturated carbocycles. The number of hydrogen-bond acceptors (Lipinski definition) is 3. The molecule has 0 radical (unpaired) electrons. The van der Waals surface area contributed by atoms with E-state index in [1.54, 1.807) is 18.5 Å². The van der Waals surface area contributed by atoms with E-state index in [4.69, 9.17) is 16.6 Å². The molecule has 0 aliphatic carbocycles. The van der Waals surface area contributed by atoms with Crippen LogP contribution in [-0.4, -0.2) is 9.97 Å². The van der Waals surface area contributed by atoms with Gasteiger partial charge in [-0.1, -0.05) is 12.2 Å². The van der Waals surface area contributed by atoms with Gasteiger partial charge in [0.05, 0.1) is 11.8 Å². The van der Waals surface area contributed by atoms with E-state index in [9.17, 15) is 0 Å². The van der Waals surface area contributed by atoms with Crippen LogP contribution in [0, 0.1) is 11.6 Å². The van der Waals surface area contributed by atoms with Crippen molar-refractivity contribution in [1.82, 2.24) is 9.97 Å². The minimum Gasteiger partial charge on any atom is -0.469 e. The van der Waals surface area contributed by atoms with Crippen molar-refractivity contribution in [3.8, 4) is 11.4 Å². The van der Waals surface area contributed by atoms with Crippen LogP contribution >= 0.6 is 12.2 Å². The van der Waals surface area contributed by atoms with Gasteiger partial charge in [0.15, 0.2) is 0 Å². The van der Waals surface area contributed by atoms with Crippen LogP contribution in [0.1, 0.15) is 5.76 Å². The molecule has 2 aromatic heterocycles. The fourth-order valence-corrected chi connectivity index (χ4v) is 1.30. The lowest BCUT2D eigenvalue weighted by atomic mass is 10.2. The van der Waals surface area contributed by atoms with Gasteiger partial charge in [0.2, 0.25) is 0 Å². The van der Waals surface area contributed by atoms with Crippen LogP contribution in [-0.2, 0) is 0 Å². The number of nitrogens with one attached hydrogen (secondary N) is 1. The van der Waals surface area contributed by atoms with E-state index >= 15 is 0 Å². The number of H-pyrrole nitrogens is 1. The van der Waals surface area contributed by atoms with Crippen molar-refractivity contribution in [2.45, 2.75) is 6.92 Å². The lowest BCUT2D eigenvalue weighted by Crippen LogP contribution is -1.87. The molecule has 13 heavy (non-hydrogen) atoms. The van der Waals surface area contributed by atoms with Gasteiger partial charge in [0.25, 0.3) is 0 Å². The molecule has 0 fully saturated rings. The van der Waals surface area contributed by atoms with Crippen molar-refractivity contribution in [1.29, 1.82) is 0 Å². The Bertz CT molecular complexity index is 472. The van der Waals surface area contributed by atoms with Crippen molar-refractivity contribution < 1.29 is 4.42 Å². The van der Waals surface area contributed by atoms with E-state index in [-0.39, 0.29) is 0 Å². The van der Waals surface area contributed by atoms with E-state index in [1.165, 1.54) is 0 Å². The van der Waals surface area contributed by atoms with Crippen LogP contribution < -0.4 is 0 Å². The van der Waals surface area contributed by atoms with Crippen molar-refractivity contribution in [2.75, 3.05) is 0 Å². The third kappa shape index (κ3) is 1.53. The Morgan fingerprint density at radius 3 is 2.92 bits per heavy atom. The SMILES string of the molecule is Cc1occc1-c1nccc(=S)[nH]1. The van der Waals surface area contributed by atoms with Crippen molar-refractivity contribution in [3.05, 3.63) is 35.0 Å². The van der Waals surface area contributed by atoms with Gasteiger partial charge in [-0.25, -0.2) is 4.98 Å². The third-order valence-corrected chi connectivity index (χ3v) is 2.02. The second-order valence-electron chi connectivity index (χ2n) is 2.67. The summed E-state index contributed by atoms with van der Waals surface area (Å²) in [5.41, 5.74) is 0.951. The molecule has 4 heteroatoms. The summed E-state index contributed by atoms with van der Waals surface area (Å²) in [5.74, 6) is 1.59. The molecule has 0 atom stereocenters. The highest BCUT2D eigenvalue weighted by Crippen LogP contribution is 2.19. The first-order chi connectivity index (χ1) is 6.27. The molecule has 0 bridgehead atoms. The molecule has 2 aromatic rings. The molecule has 0 aliphatic heterocycles. The van der Waals surface area contributed by atoms with Crippen LogP contribution in [0.4, 0.5) is 0 Å². The first-order valence-corrected chi connectivity index (χ1v) is 4.28. The molecule has 66 valence electrons. The minimum atomic E-state index is 0.672. The maximum Gasteiger partial charge on any atom is 0.141 e. The number of furan rings is 1. The Morgan fingerprint density at radius 1 is 1.46 bits per heavy atom. The highest BCUT2D eigenvalue weighted by atomic mass is 32.1. The molecule has 0 amide bonds. The molecule has 2 heterocycles. The number of aryl methyl sites for hydroxylation is 1. The fraction of sp³-hybridized carbons (Fsp3) is 0.111. The summed E-state index contributed by atoms with van der Waals surface area (Å²) in [5, 5.41) is 0. The number of rotatable bonds is 1. The third-order valence-electron chi connectivity index (χ3n) is 1.79. The number of hydrogen-bond donors (Lipinski definition) is 1. The largest absolute Gasteiger partial charge is 0.469 e. The van der Waals surface area contributed by atoms with Gasteiger partial charge >= 0.3 is 0 Å². The Morgan fingerprint density at radius 2 is 2.31 bits per heavy atom. The van der Waals surface area contributed by atoms with Crippen LogP contribution in [0.2, 0.25) is 0 Å². The zero-order chi connectivity index (χ0) is 9.26. The van der Waals surface area contributed by atoms with E-state index in [0.717, 1.165) is 17.1 Å². The predicted octanol–water partition coefficient (Wildman–Crippen LogP) is 2.71. The van der Waals surface area contributed by atoms with Crippen molar-refractivity contribution >= 4 is 12.2 Å². The van der Waals surface area contributed by atoms with E-state index in [2.05, 4.69) is 9.97 Å². The molecule has 0 aliphatic rings. The topological polar surface area (TPSA) is 41.8 Å². The second kappa shape index (κ2) is 3.14.